The first-order valence-corrected chi connectivity index (χ1v) is 7.54. The van der Waals surface area contributed by atoms with E-state index in [1.165, 1.54) is 0 Å². The van der Waals surface area contributed by atoms with Crippen molar-refractivity contribution in [3.8, 4) is 0 Å². The summed E-state index contributed by atoms with van der Waals surface area (Å²) in [4.78, 5) is 14.4. The second-order valence-electron chi connectivity index (χ2n) is 6.08. The quantitative estimate of drug-likeness (QED) is 0.869. The first-order chi connectivity index (χ1) is 9.74. The maximum atomic E-state index is 12.3. The van der Waals surface area contributed by atoms with E-state index in [2.05, 4.69) is 17.8 Å². The summed E-state index contributed by atoms with van der Waals surface area (Å²) in [5, 5.41) is 0. The molecule has 2 N–H and O–H groups in total. The number of hydrogen-bond donors (Lipinski definition) is 2. The minimum absolute atomic E-state index is 0.261. The molecule has 4 nitrogen and oxygen atoms in total. The Kier molecular flexibility index (Phi) is 4.03. The number of benzene rings is 1. The van der Waals surface area contributed by atoms with Gasteiger partial charge in [0.25, 0.3) is 0 Å². The van der Waals surface area contributed by atoms with Crippen LogP contribution < -0.4 is 10.9 Å². The van der Waals surface area contributed by atoms with E-state index >= 15 is 0 Å². The van der Waals surface area contributed by atoms with Crippen LogP contribution in [-0.2, 0) is 11.2 Å². The van der Waals surface area contributed by atoms with E-state index < -0.39 is 0 Å². The van der Waals surface area contributed by atoms with Gasteiger partial charge in [-0.05, 0) is 23.8 Å². The summed E-state index contributed by atoms with van der Waals surface area (Å²) in [5.74, 6) is 1.49. The van der Waals surface area contributed by atoms with E-state index in [4.69, 9.17) is 0 Å². The van der Waals surface area contributed by atoms with Crippen LogP contribution in [-0.4, -0.2) is 36.5 Å². The van der Waals surface area contributed by atoms with Crippen LogP contribution in [0.5, 0.6) is 0 Å². The maximum Gasteiger partial charge on any atom is 0.226 e. The summed E-state index contributed by atoms with van der Waals surface area (Å²) in [6, 6.07) is 10.5. The molecule has 2 aliphatic heterocycles. The van der Waals surface area contributed by atoms with Crippen molar-refractivity contribution >= 4 is 5.91 Å². The fourth-order valence-electron chi connectivity index (χ4n) is 3.38. The fourth-order valence-corrected chi connectivity index (χ4v) is 3.38. The standard InChI is InChI=1S/C16H23N3O/c1-12-10-17-18-16(12)14-7-8-19(11-14)15(20)9-13-5-3-2-4-6-13/h2-6,12,14,16-18H,7-11H2,1H3. The summed E-state index contributed by atoms with van der Waals surface area (Å²) in [7, 11) is 0. The van der Waals surface area contributed by atoms with Gasteiger partial charge >= 0.3 is 0 Å². The Hall–Kier alpha value is -1.39. The van der Waals surface area contributed by atoms with Crippen LogP contribution in [0.15, 0.2) is 30.3 Å². The molecule has 1 aromatic carbocycles. The molecule has 1 aromatic rings. The minimum Gasteiger partial charge on any atom is -0.342 e. The number of rotatable bonds is 3. The molecule has 2 heterocycles. The topological polar surface area (TPSA) is 44.4 Å². The number of nitrogens with one attached hydrogen (secondary N) is 2. The molecule has 0 saturated carbocycles. The summed E-state index contributed by atoms with van der Waals surface area (Å²) in [6.07, 6.45) is 1.64. The highest BCUT2D eigenvalue weighted by Crippen LogP contribution is 2.26. The van der Waals surface area contributed by atoms with E-state index in [-0.39, 0.29) is 5.91 Å². The number of carbonyl (C=O) groups excluding carboxylic acids is 1. The van der Waals surface area contributed by atoms with Crippen LogP contribution >= 0.6 is 0 Å². The molecule has 2 aliphatic rings. The lowest BCUT2D eigenvalue weighted by Crippen LogP contribution is -2.40. The number of hydrogen-bond acceptors (Lipinski definition) is 3. The zero-order chi connectivity index (χ0) is 13.9. The molecule has 3 atom stereocenters. The molecule has 0 spiro atoms. The molecule has 0 radical (unpaired) electrons. The number of nitrogens with zero attached hydrogens (tertiary/aromatic N) is 1. The molecule has 108 valence electrons. The van der Waals surface area contributed by atoms with Crippen LogP contribution in [0.3, 0.4) is 0 Å². The van der Waals surface area contributed by atoms with Gasteiger partial charge in [0.15, 0.2) is 0 Å². The van der Waals surface area contributed by atoms with Gasteiger partial charge in [-0.1, -0.05) is 37.3 Å². The first-order valence-electron chi connectivity index (χ1n) is 7.54. The molecule has 0 aliphatic carbocycles. The third kappa shape index (κ3) is 2.86. The summed E-state index contributed by atoms with van der Waals surface area (Å²) < 4.78 is 0. The van der Waals surface area contributed by atoms with Gasteiger partial charge in [-0.3, -0.25) is 15.6 Å². The molecule has 2 saturated heterocycles. The molecule has 4 heteroatoms. The fraction of sp³-hybridized carbons (Fsp3) is 0.562. The molecule has 0 aromatic heterocycles. The van der Waals surface area contributed by atoms with E-state index in [0.29, 0.717) is 24.3 Å². The Morgan fingerprint density at radius 2 is 2.15 bits per heavy atom. The lowest BCUT2D eigenvalue weighted by Gasteiger charge is -2.22. The van der Waals surface area contributed by atoms with Crippen molar-refractivity contribution in [2.45, 2.75) is 25.8 Å². The summed E-state index contributed by atoms with van der Waals surface area (Å²) in [6.45, 7) is 5.10. The molecular formula is C16H23N3O. The van der Waals surface area contributed by atoms with E-state index in [9.17, 15) is 4.79 Å². The van der Waals surface area contributed by atoms with Gasteiger partial charge < -0.3 is 4.90 Å². The molecular weight excluding hydrogens is 250 g/mol. The Morgan fingerprint density at radius 1 is 1.35 bits per heavy atom. The number of hydrazine groups is 1. The number of carbonyl (C=O) groups is 1. The normalized spacial score (nSPS) is 29.9. The summed E-state index contributed by atoms with van der Waals surface area (Å²) in [5.41, 5.74) is 7.71. The van der Waals surface area contributed by atoms with Crippen LogP contribution in [0, 0.1) is 11.8 Å². The lowest BCUT2D eigenvalue weighted by atomic mass is 9.90. The van der Waals surface area contributed by atoms with Crippen molar-refractivity contribution in [2.24, 2.45) is 11.8 Å². The smallest absolute Gasteiger partial charge is 0.226 e. The van der Waals surface area contributed by atoms with Crippen LogP contribution in [0.25, 0.3) is 0 Å². The van der Waals surface area contributed by atoms with Crippen molar-refractivity contribution in [2.75, 3.05) is 19.6 Å². The van der Waals surface area contributed by atoms with Gasteiger partial charge in [0, 0.05) is 25.7 Å². The number of amides is 1. The predicted molar refractivity (Wildman–Crippen MR) is 78.9 cm³/mol. The average molecular weight is 273 g/mol. The van der Waals surface area contributed by atoms with Crippen LogP contribution in [0.1, 0.15) is 18.9 Å². The van der Waals surface area contributed by atoms with Crippen LogP contribution in [0.2, 0.25) is 0 Å². The van der Waals surface area contributed by atoms with Crippen molar-refractivity contribution in [3.63, 3.8) is 0 Å². The van der Waals surface area contributed by atoms with Crippen LogP contribution in [0.4, 0.5) is 0 Å². The largest absolute Gasteiger partial charge is 0.342 e. The van der Waals surface area contributed by atoms with Crippen molar-refractivity contribution in [1.29, 1.82) is 0 Å². The number of likely N-dealkylation sites (tertiary alicyclic amines) is 1. The molecule has 2 fully saturated rings. The highest BCUT2D eigenvalue weighted by atomic mass is 16.2. The third-order valence-corrected chi connectivity index (χ3v) is 4.59. The average Bonchev–Trinajstić information content (AvgIpc) is 3.08. The van der Waals surface area contributed by atoms with Gasteiger partial charge in [0.2, 0.25) is 5.91 Å². The predicted octanol–water partition coefficient (Wildman–Crippen LogP) is 1.19. The minimum atomic E-state index is 0.261. The first kappa shape index (κ1) is 13.6. The second-order valence-corrected chi connectivity index (χ2v) is 6.08. The van der Waals surface area contributed by atoms with Gasteiger partial charge in [-0.25, -0.2) is 0 Å². The van der Waals surface area contributed by atoms with E-state index in [1.807, 2.05) is 35.2 Å². The Balaban J connectivity index is 1.55. The maximum absolute atomic E-state index is 12.3. The zero-order valence-corrected chi connectivity index (χ0v) is 12.0. The highest BCUT2D eigenvalue weighted by molar-refractivity contribution is 5.79. The molecule has 0 bridgehead atoms. The van der Waals surface area contributed by atoms with E-state index in [1.54, 1.807) is 0 Å². The van der Waals surface area contributed by atoms with Crippen molar-refractivity contribution < 1.29 is 4.79 Å². The second kappa shape index (κ2) is 5.94. The molecule has 20 heavy (non-hydrogen) atoms. The third-order valence-electron chi connectivity index (χ3n) is 4.59. The Bertz CT molecular complexity index is 462. The van der Waals surface area contributed by atoms with Crippen molar-refractivity contribution in [3.05, 3.63) is 35.9 Å². The van der Waals surface area contributed by atoms with E-state index in [0.717, 1.165) is 31.6 Å². The van der Waals surface area contributed by atoms with Gasteiger partial charge in [0.1, 0.15) is 0 Å². The SMILES string of the molecule is CC1CNNC1C1CCN(C(=O)Cc2ccccc2)C1. The van der Waals surface area contributed by atoms with Gasteiger partial charge in [-0.15, -0.1) is 0 Å². The van der Waals surface area contributed by atoms with Gasteiger partial charge in [0.05, 0.1) is 6.42 Å². The monoisotopic (exact) mass is 273 g/mol. The zero-order valence-electron chi connectivity index (χ0n) is 12.0. The van der Waals surface area contributed by atoms with Crippen molar-refractivity contribution in [1.82, 2.24) is 15.8 Å². The molecule has 3 rings (SSSR count). The molecule has 1 amide bonds. The Morgan fingerprint density at radius 3 is 2.85 bits per heavy atom. The highest BCUT2D eigenvalue weighted by Gasteiger charge is 2.36. The summed E-state index contributed by atoms with van der Waals surface area (Å²) >= 11 is 0. The lowest BCUT2D eigenvalue weighted by molar-refractivity contribution is -0.129. The molecule has 3 unspecified atom stereocenters. The Labute approximate surface area is 120 Å². The van der Waals surface area contributed by atoms with Gasteiger partial charge in [-0.2, -0.15) is 0 Å².